The minimum Gasteiger partial charge on any atom is -0.480 e. The van der Waals surface area contributed by atoms with Gasteiger partial charge in [-0.3, -0.25) is 9.59 Å². The van der Waals surface area contributed by atoms with Gasteiger partial charge in [-0.05, 0) is 31.4 Å². The van der Waals surface area contributed by atoms with Crippen molar-refractivity contribution in [2.24, 2.45) is 0 Å². The summed E-state index contributed by atoms with van der Waals surface area (Å²) in [5.74, 6) is -0.764. The average Bonchev–Trinajstić information content (AvgIpc) is 2.83. The van der Waals surface area contributed by atoms with Crippen molar-refractivity contribution in [1.29, 1.82) is 0 Å². The fraction of sp³-hybridized carbons (Fsp3) is 0.786. The highest BCUT2D eigenvalue weighted by Crippen LogP contribution is 2.35. The molecule has 0 saturated carbocycles. The molecule has 1 unspecified atom stereocenters. The van der Waals surface area contributed by atoms with Crippen LogP contribution in [0.25, 0.3) is 0 Å². The number of carboxylic acid groups (broad SMARTS) is 1. The number of thiol groups is 1. The van der Waals surface area contributed by atoms with Gasteiger partial charge in [0.25, 0.3) is 0 Å². The molecule has 0 aliphatic carbocycles. The molecule has 0 aromatic rings. The monoisotopic (exact) mass is 346 g/mol. The fourth-order valence-electron chi connectivity index (χ4n) is 2.91. The Morgan fingerprint density at radius 3 is 2.82 bits per heavy atom. The van der Waals surface area contributed by atoms with Gasteiger partial charge in [0.15, 0.2) is 0 Å². The smallest absolute Gasteiger partial charge is 0.326 e. The maximum absolute atomic E-state index is 12.7. The SMILES string of the molecule is CCCC(S)C(=O)N[C@H]1CCS[C@H]2CC[C@@H](C(=O)O)N2C1=O. The Hall–Kier alpha value is -0.890. The van der Waals surface area contributed by atoms with Gasteiger partial charge < -0.3 is 15.3 Å². The Balaban J connectivity index is 2.08. The van der Waals surface area contributed by atoms with Crippen LogP contribution in [0, 0.1) is 0 Å². The van der Waals surface area contributed by atoms with Gasteiger partial charge in [-0.15, -0.1) is 11.8 Å². The van der Waals surface area contributed by atoms with E-state index in [2.05, 4.69) is 17.9 Å². The maximum Gasteiger partial charge on any atom is 0.326 e. The Labute approximate surface area is 139 Å². The summed E-state index contributed by atoms with van der Waals surface area (Å²) in [5, 5.41) is 11.5. The highest BCUT2D eigenvalue weighted by molar-refractivity contribution is 7.99. The van der Waals surface area contributed by atoms with Crippen LogP contribution < -0.4 is 5.32 Å². The molecule has 2 rings (SSSR count). The van der Waals surface area contributed by atoms with E-state index in [1.807, 2.05) is 6.92 Å². The molecule has 2 aliphatic rings. The molecule has 0 radical (unpaired) electrons. The largest absolute Gasteiger partial charge is 0.480 e. The lowest BCUT2D eigenvalue weighted by atomic mass is 10.1. The van der Waals surface area contributed by atoms with Crippen LogP contribution in [0.1, 0.15) is 39.0 Å². The minimum atomic E-state index is -0.971. The van der Waals surface area contributed by atoms with Gasteiger partial charge in [0.1, 0.15) is 12.1 Å². The van der Waals surface area contributed by atoms with Crippen molar-refractivity contribution in [3.05, 3.63) is 0 Å². The van der Waals surface area contributed by atoms with Gasteiger partial charge in [-0.2, -0.15) is 12.6 Å². The molecule has 8 heteroatoms. The van der Waals surface area contributed by atoms with Gasteiger partial charge in [-0.1, -0.05) is 13.3 Å². The van der Waals surface area contributed by atoms with E-state index in [1.54, 1.807) is 11.8 Å². The van der Waals surface area contributed by atoms with Crippen LogP contribution in [-0.4, -0.2) is 56.3 Å². The molecule has 124 valence electrons. The van der Waals surface area contributed by atoms with E-state index in [0.717, 1.165) is 12.2 Å². The summed E-state index contributed by atoms with van der Waals surface area (Å²) in [5.41, 5.74) is 0. The van der Waals surface area contributed by atoms with E-state index in [-0.39, 0.29) is 17.2 Å². The molecule has 22 heavy (non-hydrogen) atoms. The van der Waals surface area contributed by atoms with Crippen molar-refractivity contribution in [3.63, 3.8) is 0 Å². The Bertz CT molecular complexity index is 460. The molecular weight excluding hydrogens is 324 g/mol. The average molecular weight is 346 g/mol. The quantitative estimate of drug-likeness (QED) is 0.649. The number of carbonyl (C=O) groups is 3. The molecule has 2 fully saturated rings. The summed E-state index contributed by atoms with van der Waals surface area (Å²) >= 11 is 5.85. The lowest BCUT2D eigenvalue weighted by Gasteiger charge is -2.28. The highest BCUT2D eigenvalue weighted by atomic mass is 32.2. The molecule has 2 aliphatic heterocycles. The summed E-state index contributed by atoms with van der Waals surface area (Å²) in [6.07, 6.45) is 3.19. The molecular formula is C14H22N2O4S2. The van der Waals surface area contributed by atoms with E-state index < -0.39 is 23.3 Å². The van der Waals surface area contributed by atoms with Crippen LogP contribution in [0.2, 0.25) is 0 Å². The van der Waals surface area contributed by atoms with Crippen LogP contribution in [0.3, 0.4) is 0 Å². The van der Waals surface area contributed by atoms with Gasteiger partial charge in [-0.25, -0.2) is 4.79 Å². The molecule has 4 atom stereocenters. The Kier molecular flexibility index (Phi) is 6.02. The number of aliphatic carboxylic acids is 1. The predicted molar refractivity (Wildman–Crippen MR) is 88.0 cm³/mol. The van der Waals surface area contributed by atoms with Crippen LogP contribution in [0.5, 0.6) is 0 Å². The number of hydrogen-bond acceptors (Lipinski definition) is 5. The second-order valence-electron chi connectivity index (χ2n) is 5.66. The summed E-state index contributed by atoms with van der Waals surface area (Å²) in [6.45, 7) is 1.97. The van der Waals surface area contributed by atoms with Crippen LogP contribution >= 0.6 is 24.4 Å². The zero-order chi connectivity index (χ0) is 16.3. The van der Waals surface area contributed by atoms with Gasteiger partial charge in [0.05, 0.1) is 10.6 Å². The first-order chi connectivity index (χ1) is 10.5. The normalized spacial score (nSPS) is 29.6. The van der Waals surface area contributed by atoms with E-state index in [9.17, 15) is 19.5 Å². The molecule has 2 amide bonds. The number of carboxylic acids is 1. The first-order valence-electron chi connectivity index (χ1n) is 7.60. The zero-order valence-electron chi connectivity index (χ0n) is 12.5. The summed E-state index contributed by atoms with van der Waals surface area (Å²) in [4.78, 5) is 37.5. The maximum atomic E-state index is 12.7. The lowest BCUT2D eigenvalue weighted by Crippen LogP contribution is -2.53. The summed E-state index contributed by atoms with van der Waals surface area (Å²) in [6, 6.07) is -1.42. The number of rotatable bonds is 5. The predicted octanol–water partition coefficient (Wildman–Crippen LogP) is 1.11. The third kappa shape index (κ3) is 3.71. The first kappa shape index (κ1) is 17.5. The molecule has 2 N–H and O–H groups in total. The summed E-state index contributed by atoms with van der Waals surface area (Å²) in [7, 11) is 0. The second kappa shape index (κ2) is 7.59. The number of nitrogens with zero attached hydrogens (tertiary/aromatic N) is 1. The highest BCUT2D eigenvalue weighted by Gasteiger charge is 2.45. The standard InChI is InChI=1S/C14H22N2O4S2/c1-2-3-10(21)12(17)15-8-6-7-22-11-5-4-9(14(19)20)16(11)13(8)18/h8-11,21H,2-7H2,1H3,(H,15,17)(H,19,20)/t8-,9-,10?,11-/m0/s1. The van der Waals surface area contributed by atoms with Crippen molar-refractivity contribution in [2.45, 2.75) is 61.7 Å². The number of hydrogen-bond donors (Lipinski definition) is 3. The van der Waals surface area contributed by atoms with Crippen molar-refractivity contribution in [1.82, 2.24) is 10.2 Å². The van der Waals surface area contributed by atoms with Gasteiger partial charge in [0.2, 0.25) is 11.8 Å². The van der Waals surface area contributed by atoms with Crippen molar-refractivity contribution < 1.29 is 19.5 Å². The summed E-state index contributed by atoms with van der Waals surface area (Å²) < 4.78 is 0. The number of amides is 2. The Morgan fingerprint density at radius 1 is 1.45 bits per heavy atom. The topological polar surface area (TPSA) is 86.7 Å². The third-order valence-electron chi connectivity index (χ3n) is 4.07. The second-order valence-corrected chi connectivity index (χ2v) is 7.57. The third-order valence-corrected chi connectivity index (χ3v) is 5.88. The van der Waals surface area contributed by atoms with Gasteiger partial charge >= 0.3 is 5.97 Å². The number of carbonyl (C=O) groups excluding carboxylic acids is 2. The van der Waals surface area contributed by atoms with E-state index in [0.29, 0.717) is 25.7 Å². The minimum absolute atomic E-state index is 0.0852. The number of nitrogens with one attached hydrogen (secondary N) is 1. The number of fused-ring (bicyclic) bond motifs is 1. The first-order valence-corrected chi connectivity index (χ1v) is 9.17. The van der Waals surface area contributed by atoms with Gasteiger partial charge in [0, 0.05) is 0 Å². The molecule has 2 heterocycles. The number of thioether (sulfide) groups is 1. The van der Waals surface area contributed by atoms with E-state index in [4.69, 9.17) is 0 Å². The van der Waals surface area contributed by atoms with E-state index in [1.165, 1.54) is 4.90 Å². The van der Waals surface area contributed by atoms with Crippen molar-refractivity contribution >= 4 is 42.2 Å². The van der Waals surface area contributed by atoms with Crippen LogP contribution in [0.4, 0.5) is 0 Å². The molecule has 6 nitrogen and oxygen atoms in total. The van der Waals surface area contributed by atoms with Crippen LogP contribution in [-0.2, 0) is 14.4 Å². The molecule has 2 saturated heterocycles. The molecule has 0 aromatic carbocycles. The van der Waals surface area contributed by atoms with Crippen LogP contribution in [0.15, 0.2) is 0 Å². The lowest BCUT2D eigenvalue weighted by molar-refractivity contribution is -0.149. The Morgan fingerprint density at radius 2 is 2.18 bits per heavy atom. The fourth-order valence-corrected chi connectivity index (χ4v) is 4.60. The van der Waals surface area contributed by atoms with E-state index >= 15 is 0 Å². The molecule has 0 bridgehead atoms. The molecule has 0 spiro atoms. The van der Waals surface area contributed by atoms with Crippen molar-refractivity contribution in [2.75, 3.05) is 5.75 Å². The molecule has 0 aromatic heterocycles. The zero-order valence-corrected chi connectivity index (χ0v) is 14.2. The van der Waals surface area contributed by atoms with Crippen molar-refractivity contribution in [3.8, 4) is 0 Å².